The number of pyridine rings is 1. The number of rotatable bonds is 4. The number of ether oxygens (including phenoxy) is 1. The van der Waals surface area contributed by atoms with Crippen LogP contribution >= 0.6 is 12.2 Å². The van der Waals surface area contributed by atoms with Gasteiger partial charge in [0.1, 0.15) is 5.75 Å². The van der Waals surface area contributed by atoms with Crippen LogP contribution in [0.25, 0.3) is 28.0 Å². The average molecular weight is 425 g/mol. The number of alkyl halides is 2. The third-order valence-electron chi connectivity index (χ3n) is 4.80. The molecule has 0 saturated heterocycles. The van der Waals surface area contributed by atoms with Crippen molar-refractivity contribution in [3.05, 3.63) is 80.8 Å². The minimum absolute atomic E-state index is 0.0331. The average Bonchev–Trinajstić information content (AvgIpc) is 2.73. The Morgan fingerprint density at radius 3 is 2.50 bits per heavy atom. The maximum Gasteiger partial charge on any atom is 0.264 e. The van der Waals surface area contributed by atoms with Gasteiger partial charge < -0.3 is 4.74 Å². The van der Waals surface area contributed by atoms with Crippen molar-refractivity contribution in [3.8, 4) is 22.7 Å². The van der Waals surface area contributed by atoms with E-state index in [-0.39, 0.29) is 15.8 Å². The van der Waals surface area contributed by atoms with Gasteiger partial charge in [0, 0.05) is 11.1 Å². The lowest BCUT2D eigenvalue weighted by Gasteiger charge is -2.16. The standard InChI is InChI=1S/C22H17F2N3O2S/c1-12-7-9-13(10-8-12)15-11-14(19(23)24)18-20(25-15)27(22(30)26-21(18)28)16-5-3-4-6-17(16)29-2/h3-11,19H,1-2H3,(H,26,28,30). The monoisotopic (exact) mass is 425 g/mol. The van der Waals surface area contributed by atoms with E-state index < -0.39 is 17.5 Å². The van der Waals surface area contributed by atoms with Crippen molar-refractivity contribution in [3.63, 3.8) is 0 Å². The number of halogens is 2. The first kappa shape index (κ1) is 19.9. The molecule has 152 valence electrons. The summed E-state index contributed by atoms with van der Waals surface area (Å²) in [5, 5.41) is -0.208. The van der Waals surface area contributed by atoms with Crippen molar-refractivity contribution in [2.24, 2.45) is 0 Å². The Kier molecular flexibility index (Phi) is 5.17. The molecule has 4 rings (SSSR count). The Bertz CT molecular complexity index is 1360. The van der Waals surface area contributed by atoms with Gasteiger partial charge >= 0.3 is 0 Å². The number of aromatic nitrogens is 3. The van der Waals surface area contributed by atoms with Crippen LogP contribution in [0.1, 0.15) is 17.6 Å². The van der Waals surface area contributed by atoms with Crippen LogP contribution in [0.2, 0.25) is 0 Å². The van der Waals surface area contributed by atoms with Gasteiger partial charge in [0.05, 0.1) is 23.9 Å². The first-order valence-corrected chi connectivity index (χ1v) is 9.50. The molecule has 0 atom stereocenters. The molecular weight excluding hydrogens is 408 g/mol. The maximum absolute atomic E-state index is 14.0. The SMILES string of the molecule is COc1ccccc1-n1c(=S)[nH]c(=O)c2c(C(F)F)cc(-c3ccc(C)cc3)nc21. The summed E-state index contributed by atoms with van der Waals surface area (Å²) >= 11 is 5.37. The summed E-state index contributed by atoms with van der Waals surface area (Å²) in [4.78, 5) is 19.7. The van der Waals surface area contributed by atoms with E-state index in [0.29, 0.717) is 22.7 Å². The Labute approximate surface area is 175 Å². The second-order valence-corrected chi connectivity index (χ2v) is 7.12. The van der Waals surface area contributed by atoms with Crippen molar-refractivity contribution in [2.45, 2.75) is 13.3 Å². The van der Waals surface area contributed by atoms with Crippen LogP contribution in [0.3, 0.4) is 0 Å². The number of methoxy groups -OCH3 is 1. The first-order chi connectivity index (χ1) is 14.4. The zero-order chi connectivity index (χ0) is 21.4. The molecule has 4 aromatic rings. The van der Waals surface area contributed by atoms with E-state index >= 15 is 0 Å². The Hall–Kier alpha value is -3.39. The summed E-state index contributed by atoms with van der Waals surface area (Å²) in [6, 6.07) is 15.6. The van der Waals surface area contributed by atoms with E-state index in [2.05, 4.69) is 9.97 Å². The largest absolute Gasteiger partial charge is 0.495 e. The normalized spacial score (nSPS) is 11.2. The first-order valence-electron chi connectivity index (χ1n) is 9.09. The van der Waals surface area contributed by atoms with Gasteiger partial charge in [-0.3, -0.25) is 14.3 Å². The highest BCUT2D eigenvalue weighted by atomic mass is 32.1. The molecule has 0 aliphatic rings. The number of H-pyrrole nitrogens is 1. The van der Waals surface area contributed by atoms with Crippen molar-refractivity contribution in [1.29, 1.82) is 0 Å². The molecule has 0 spiro atoms. The number of fused-ring (bicyclic) bond motifs is 1. The number of hydrogen-bond donors (Lipinski definition) is 1. The zero-order valence-electron chi connectivity index (χ0n) is 16.1. The lowest BCUT2D eigenvalue weighted by atomic mass is 10.1. The number of para-hydroxylation sites is 2. The van der Waals surface area contributed by atoms with Crippen LogP contribution in [-0.2, 0) is 0 Å². The van der Waals surface area contributed by atoms with E-state index in [9.17, 15) is 13.6 Å². The molecule has 0 unspecified atom stereocenters. The van der Waals surface area contributed by atoms with Gasteiger partial charge in [-0.2, -0.15) is 0 Å². The van der Waals surface area contributed by atoms with Gasteiger partial charge in [-0.1, -0.05) is 42.0 Å². The van der Waals surface area contributed by atoms with Gasteiger partial charge in [-0.05, 0) is 37.3 Å². The third-order valence-corrected chi connectivity index (χ3v) is 5.09. The molecule has 0 radical (unpaired) electrons. The molecule has 30 heavy (non-hydrogen) atoms. The van der Waals surface area contributed by atoms with E-state index in [1.807, 2.05) is 19.1 Å². The van der Waals surface area contributed by atoms with Crippen LogP contribution in [-0.4, -0.2) is 21.6 Å². The van der Waals surface area contributed by atoms with Crippen molar-refractivity contribution in [1.82, 2.24) is 14.5 Å². The highest BCUT2D eigenvalue weighted by molar-refractivity contribution is 7.71. The summed E-state index contributed by atoms with van der Waals surface area (Å²) in [6.07, 6.45) is -2.87. The maximum atomic E-state index is 14.0. The molecule has 8 heteroatoms. The van der Waals surface area contributed by atoms with Gasteiger partial charge in [0.2, 0.25) is 0 Å². The predicted octanol–water partition coefficient (Wildman–Crippen LogP) is 5.36. The number of nitrogens with one attached hydrogen (secondary N) is 1. The minimum atomic E-state index is -2.87. The number of hydrogen-bond acceptors (Lipinski definition) is 4. The summed E-state index contributed by atoms with van der Waals surface area (Å²) in [5.41, 5.74) is 1.42. The smallest absolute Gasteiger partial charge is 0.264 e. The van der Waals surface area contributed by atoms with Gasteiger partial charge in [0.15, 0.2) is 10.4 Å². The van der Waals surface area contributed by atoms with E-state index in [1.54, 1.807) is 36.4 Å². The van der Waals surface area contributed by atoms with Crippen LogP contribution in [0.5, 0.6) is 5.75 Å². The zero-order valence-corrected chi connectivity index (χ0v) is 17.0. The Balaban J connectivity index is 2.16. The summed E-state index contributed by atoms with van der Waals surface area (Å²) in [6.45, 7) is 1.93. The van der Waals surface area contributed by atoms with Crippen LogP contribution in [0.15, 0.2) is 59.4 Å². The van der Waals surface area contributed by atoms with Crippen molar-refractivity contribution in [2.75, 3.05) is 7.11 Å². The van der Waals surface area contributed by atoms with E-state index in [0.717, 1.165) is 5.56 Å². The molecule has 2 aromatic heterocycles. The minimum Gasteiger partial charge on any atom is -0.495 e. The van der Waals surface area contributed by atoms with E-state index in [1.165, 1.54) is 17.7 Å². The quantitative estimate of drug-likeness (QED) is 0.447. The lowest BCUT2D eigenvalue weighted by Crippen LogP contribution is -2.17. The fraction of sp³-hybridized carbons (Fsp3) is 0.136. The molecule has 5 nitrogen and oxygen atoms in total. The Morgan fingerprint density at radius 2 is 1.83 bits per heavy atom. The highest BCUT2D eigenvalue weighted by Gasteiger charge is 2.21. The van der Waals surface area contributed by atoms with Crippen LogP contribution in [0, 0.1) is 11.7 Å². The number of aromatic amines is 1. The number of aryl methyl sites for hydroxylation is 1. The molecule has 0 saturated carbocycles. The topological polar surface area (TPSA) is 59.9 Å². The second kappa shape index (κ2) is 7.79. The molecule has 0 aliphatic heterocycles. The van der Waals surface area contributed by atoms with Crippen molar-refractivity contribution >= 4 is 23.3 Å². The third kappa shape index (κ3) is 3.39. The lowest BCUT2D eigenvalue weighted by molar-refractivity contribution is 0.153. The Morgan fingerprint density at radius 1 is 1.13 bits per heavy atom. The van der Waals surface area contributed by atoms with Gasteiger partial charge in [-0.25, -0.2) is 13.8 Å². The summed E-state index contributed by atoms with van der Waals surface area (Å²) in [5.74, 6) is 0.461. The van der Waals surface area contributed by atoms with Crippen molar-refractivity contribution < 1.29 is 13.5 Å². The molecule has 2 heterocycles. The molecular formula is C22H17F2N3O2S. The molecule has 0 bridgehead atoms. The molecule has 0 fully saturated rings. The highest BCUT2D eigenvalue weighted by Crippen LogP contribution is 2.32. The molecule has 0 aliphatic carbocycles. The number of nitrogens with zero attached hydrogens (tertiary/aromatic N) is 2. The van der Waals surface area contributed by atoms with Crippen LogP contribution in [0.4, 0.5) is 8.78 Å². The van der Waals surface area contributed by atoms with Gasteiger partial charge in [-0.15, -0.1) is 0 Å². The molecule has 1 N–H and O–H groups in total. The molecule has 0 amide bonds. The molecule has 2 aromatic carbocycles. The summed E-state index contributed by atoms with van der Waals surface area (Å²) < 4.78 is 34.8. The van der Waals surface area contributed by atoms with Crippen LogP contribution < -0.4 is 10.3 Å². The fourth-order valence-electron chi connectivity index (χ4n) is 3.34. The van der Waals surface area contributed by atoms with E-state index in [4.69, 9.17) is 17.0 Å². The fourth-order valence-corrected chi connectivity index (χ4v) is 3.62. The van der Waals surface area contributed by atoms with Gasteiger partial charge in [0.25, 0.3) is 12.0 Å². The predicted molar refractivity (Wildman–Crippen MR) is 114 cm³/mol. The summed E-state index contributed by atoms with van der Waals surface area (Å²) in [7, 11) is 1.49. The number of benzene rings is 2. The second-order valence-electron chi connectivity index (χ2n) is 6.73.